The van der Waals surface area contributed by atoms with Gasteiger partial charge in [-0.2, -0.15) is 0 Å². The monoisotopic (exact) mass is 267 g/mol. The van der Waals surface area contributed by atoms with Crippen molar-refractivity contribution in [2.45, 2.75) is 58.6 Å². The van der Waals surface area contributed by atoms with Gasteiger partial charge in [0.05, 0.1) is 11.6 Å². The third-order valence-electron chi connectivity index (χ3n) is 3.80. The predicted octanol–water partition coefficient (Wildman–Crippen LogP) is 3.97. The van der Waals surface area contributed by atoms with Crippen molar-refractivity contribution in [1.82, 2.24) is 5.32 Å². The van der Waals surface area contributed by atoms with Gasteiger partial charge in [-0.15, -0.1) is 11.3 Å². The first kappa shape index (κ1) is 14.0. The summed E-state index contributed by atoms with van der Waals surface area (Å²) in [4.78, 5) is 2.86. The first-order valence-corrected chi connectivity index (χ1v) is 7.83. The molecular formula is C15H25NOS. The van der Waals surface area contributed by atoms with Crippen LogP contribution in [0.3, 0.4) is 0 Å². The summed E-state index contributed by atoms with van der Waals surface area (Å²) in [6, 6.07) is 2.64. The van der Waals surface area contributed by atoms with Crippen LogP contribution < -0.4 is 5.32 Å². The van der Waals surface area contributed by atoms with Crippen LogP contribution in [0.25, 0.3) is 0 Å². The van der Waals surface area contributed by atoms with Crippen LogP contribution in [0, 0.1) is 13.8 Å². The normalized spacial score (nSPS) is 25.6. The Labute approximate surface area is 115 Å². The van der Waals surface area contributed by atoms with Crippen molar-refractivity contribution in [3.05, 3.63) is 21.4 Å². The molecule has 1 N–H and O–H groups in total. The molecule has 0 saturated carbocycles. The SMILES string of the molecule is CCCNC(c1sc(C)cc1C)C1(C)CCCO1. The third-order valence-corrected chi connectivity index (χ3v) is 5.02. The smallest absolute Gasteiger partial charge is 0.0857 e. The number of ether oxygens (including phenoxy) is 1. The summed E-state index contributed by atoms with van der Waals surface area (Å²) in [5.41, 5.74) is 1.37. The summed E-state index contributed by atoms with van der Waals surface area (Å²) in [5.74, 6) is 0. The van der Waals surface area contributed by atoms with Crippen LogP contribution >= 0.6 is 11.3 Å². The van der Waals surface area contributed by atoms with Crippen molar-refractivity contribution in [1.29, 1.82) is 0 Å². The van der Waals surface area contributed by atoms with Gasteiger partial charge in [-0.3, -0.25) is 0 Å². The lowest BCUT2D eigenvalue weighted by atomic mass is 9.90. The van der Waals surface area contributed by atoms with E-state index < -0.39 is 0 Å². The van der Waals surface area contributed by atoms with Gasteiger partial charge in [-0.25, -0.2) is 0 Å². The van der Waals surface area contributed by atoms with Crippen molar-refractivity contribution < 1.29 is 4.74 Å². The molecule has 1 fully saturated rings. The maximum Gasteiger partial charge on any atom is 0.0857 e. The summed E-state index contributed by atoms with van der Waals surface area (Å²) in [6.07, 6.45) is 3.50. The van der Waals surface area contributed by atoms with Crippen LogP contribution in [0.1, 0.15) is 54.5 Å². The van der Waals surface area contributed by atoms with Crippen molar-refractivity contribution >= 4 is 11.3 Å². The molecule has 1 aromatic heterocycles. The Balaban J connectivity index is 2.27. The van der Waals surface area contributed by atoms with Gasteiger partial charge in [0.1, 0.15) is 0 Å². The van der Waals surface area contributed by atoms with Gasteiger partial charge >= 0.3 is 0 Å². The molecule has 2 nitrogen and oxygen atoms in total. The van der Waals surface area contributed by atoms with Gasteiger partial charge in [-0.1, -0.05) is 6.92 Å². The number of hydrogen-bond acceptors (Lipinski definition) is 3. The van der Waals surface area contributed by atoms with E-state index in [1.165, 1.54) is 21.7 Å². The molecule has 0 aromatic carbocycles. The minimum absolute atomic E-state index is 0.0305. The summed E-state index contributed by atoms with van der Waals surface area (Å²) in [5, 5.41) is 3.71. The molecule has 1 aromatic rings. The number of thiophene rings is 1. The molecule has 2 rings (SSSR count). The second-order valence-electron chi connectivity index (χ2n) is 5.56. The van der Waals surface area contributed by atoms with E-state index in [0.717, 1.165) is 26.0 Å². The van der Waals surface area contributed by atoms with Crippen LogP contribution in [-0.4, -0.2) is 18.8 Å². The summed E-state index contributed by atoms with van der Waals surface area (Å²) >= 11 is 1.92. The van der Waals surface area contributed by atoms with Crippen LogP contribution in [0.15, 0.2) is 6.07 Å². The minimum atomic E-state index is -0.0305. The van der Waals surface area contributed by atoms with Gasteiger partial charge in [0, 0.05) is 16.4 Å². The number of rotatable bonds is 5. The highest BCUT2D eigenvalue weighted by Crippen LogP contribution is 2.41. The number of aryl methyl sites for hydroxylation is 2. The standard InChI is InChI=1S/C15H25NOS/c1-5-8-16-14(15(4)7-6-9-17-15)13-11(2)10-12(3)18-13/h10,14,16H,5-9H2,1-4H3. The molecule has 0 amide bonds. The molecule has 1 saturated heterocycles. The van der Waals surface area contributed by atoms with Gasteiger partial charge in [0.25, 0.3) is 0 Å². The van der Waals surface area contributed by atoms with Crippen LogP contribution in [0.4, 0.5) is 0 Å². The fourth-order valence-electron chi connectivity index (χ4n) is 2.85. The van der Waals surface area contributed by atoms with E-state index in [0.29, 0.717) is 6.04 Å². The number of hydrogen-bond donors (Lipinski definition) is 1. The summed E-state index contributed by atoms with van der Waals surface area (Å²) in [6.45, 7) is 10.9. The average molecular weight is 267 g/mol. The highest BCUT2D eigenvalue weighted by atomic mass is 32.1. The highest BCUT2D eigenvalue weighted by Gasteiger charge is 2.40. The molecular weight excluding hydrogens is 242 g/mol. The quantitative estimate of drug-likeness (QED) is 0.871. The molecule has 0 radical (unpaired) electrons. The zero-order valence-electron chi connectivity index (χ0n) is 12.0. The van der Waals surface area contributed by atoms with Crippen LogP contribution in [0.2, 0.25) is 0 Å². The topological polar surface area (TPSA) is 21.3 Å². The van der Waals surface area contributed by atoms with Crippen LogP contribution in [-0.2, 0) is 4.74 Å². The molecule has 0 aliphatic carbocycles. The van der Waals surface area contributed by atoms with Crippen molar-refractivity contribution in [2.24, 2.45) is 0 Å². The Morgan fingerprint density at radius 1 is 1.50 bits per heavy atom. The van der Waals surface area contributed by atoms with E-state index in [2.05, 4.69) is 39.1 Å². The van der Waals surface area contributed by atoms with Crippen LogP contribution in [0.5, 0.6) is 0 Å². The Morgan fingerprint density at radius 2 is 2.28 bits per heavy atom. The maximum absolute atomic E-state index is 6.06. The van der Waals surface area contributed by atoms with Gasteiger partial charge in [0.15, 0.2) is 0 Å². The fourth-order valence-corrected chi connectivity index (χ4v) is 4.10. The Morgan fingerprint density at radius 3 is 2.78 bits per heavy atom. The lowest BCUT2D eigenvalue weighted by Gasteiger charge is -2.34. The van der Waals surface area contributed by atoms with E-state index in [4.69, 9.17) is 4.74 Å². The van der Waals surface area contributed by atoms with E-state index in [9.17, 15) is 0 Å². The highest BCUT2D eigenvalue weighted by molar-refractivity contribution is 7.12. The summed E-state index contributed by atoms with van der Waals surface area (Å²) < 4.78 is 6.06. The second kappa shape index (κ2) is 5.72. The first-order chi connectivity index (χ1) is 8.57. The number of nitrogens with one attached hydrogen (secondary N) is 1. The molecule has 2 heterocycles. The largest absolute Gasteiger partial charge is 0.373 e. The maximum atomic E-state index is 6.06. The molecule has 2 atom stereocenters. The second-order valence-corrected chi connectivity index (χ2v) is 6.84. The molecule has 2 unspecified atom stereocenters. The Kier molecular flexibility index (Phi) is 4.46. The Hall–Kier alpha value is -0.380. The van der Waals surface area contributed by atoms with Crippen molar-refractivity contribution in [3.8, 4) is 0 Å². The molecule has 1 aliphatic rings. The van der Waals surface area contributed by atoms with E-state index in [-0.39, 0.29) is 5.60 Å². The fraction of sp³-hybridized carbons (Fsp3) is 0.733. The molecule has 3 heteroatoms. The lowest BCUT2D eigenvalue weighted by molar-refractivity contribution is -0.0116. The predicted molar refractivity (Wildman–Crippen MR) is 78.4 cm³/mol. The summed E-state index contributed by atoms with van der Waals surface area (Å²) in [7, 11) is 0. The molecule has 1 aliphatic heterocycles. The van der Waals surface area contributed by atoms with Gasteiger partial charge in [0.2, 0.25) is 0 Å². The molecule has 18 heavy (non-hydrogen) atoms. The van der Waals surface area contributed by atoms with E-state index in [1.807, 2.05) is 11.3 Å². The van der Waals surface area contributed by atoms with E-state index >= 15 is 0 Å². The van der Waals surface area contributed by atoms with Gasteiger partial charge in [-0.05, 0) is 58.2 Å². The van der Waals surface area contributed by atoms with Crippen molar-refractivity contribution in [3.63, 3.8) is 0 Å². The molecule has 0 spiro atoms. The molecule has 102 valence electrons. The van der Waals surface area contributed by atoms with E-state index in [1.54, 1.807) is 0 Å². The Bertz CT molecular complexity index is 393. The average Bonchev–Trinajstić information content (AvgIpc) is 2.87. The zero-order chi connectivity index (χ0) is 13.2. The minimum Gasteiger partial charge on any atom is -0.373 e. The first-order valence-electron chi connectivity index (χ1n) is 7.01. The van der Waals surface area contributed by atoms with Gasteiger partial charge < -0.3 is 10.1 Å². The molecule has 0 bridgehead atoms. The third kappa shape index (κ3) is 2.79. The zero-order valence-corrected chi connectivity index (χ0v) is 12.8. The lowest BCUT2D eigenvalue weighted by Crippen LogP contribution is -2.41. The van der Waals surface area contributed by atoms with Crippen molar-refractivity contribution in [2.75, 3.05) is 13.2 Å².